The number of para-hydroxylation sites is 1. The summed E-state index contributed by atoms with van der Waals surface area (Å²) in [7, 11) is 0. The van der Waals surface area contributed by atoms with Gasteiger partial charge in [-0.05, 0) is 248 Å². The van der Waals surface area contributed by atoms with E-state index in [9.17, 15) is 0 Å². The van der Waals surface area contributed by atoms with Crippen LogP contribution in [-0.4, -0.2) is 0 Å². The molecule has 2 aliphatic rings. The predicted octanol–water partition coefficient (Wildman–Crippen LogP) is 30.8. The summed E-state index contributed by atoms with van der Waals surface area (Å²) in [6.07, 6.45) is 0. The second-order valence-electron chi connectivity index (χ2n) is 31.2. The molecule has 2 aromatic heterocycles. The minimum Gasteiger partial charge on any atom is -0.456 e. The monoisotopic (exact) mass is 1420 g/mol. The van der Waals surface area contributed by atoms with Crippen LogP contribution in [0.15, 0.2) is 368 Å². The molecular weight excluding hydrogens is 1350 g/mol. The first-order chi connectivity index (χ1) is 54.1. The molecule has 1 nitrogen and oxygen atoms in total. The quantitative estimate of drug-likeness (QED) is 0.145. The molecule has 19 aromatic carbocycles. The van der Waals surface area contributed by atoms with E-state index in [-0.39, 0.29) is 10.8 Å². The van der Waals surface area contributed by atoms with Gasteiger partial charge in [0.25, 0.3) is 0 Å². The molecule has 0 fully saturated rings. The highest BCUT2D eigenvalue weighted by atomic mass is 32.1. The summed E-state index contributed by atoms with van der Waals surface area (Å²) < 4.78 is 8.89. The van der Waals surface area contributed by atoms with Gasteiger partial charge in [-0.15, -0.1) is 11.3 Å². The van der Waals surface area contributed by atoms with Crippen LogP contribution in [0.2, 0.25) is 0 Å². The maximum Gasteiger partial charge on any atom is 0.135 e. The molecule has 2 heterocycles. The summed E-state index contributed by atoms with van der Waals surface area (Å²) in [5, 5.41) is 20.3. The zero-order valence-corrected chi connectivity index (χ0v) is 62.3. The molecule has 21 aromatic rings. The van der Waals surface area contributed by atoms with Crippen LogP contribution in [0.4, 0.5) is 0 Å². The van der Waals surface area contributed by atoms with E-state index in [0.717, 1.165) is 21.9 Å². The molecule has 0 saturated carbocycles. The van der Waals surface area contributed by atoms with Crippen LogP contribution in [0.5, 0.6) is 0 Å². The molecule has 0 unspecified atom stereocenters. The molecule has 0 aliphatic heterocycles. The fourth-order valence-corrected chi connectivity index (χ4v) is 20.5. The van der Waals surface area contributed by atoms with Crippen LogP contribution in [0.3, 0.4) is 0 Å². The van der Waals surface area contributed by atoms with Crippen molar-refractivity contribution in [3.05, 3.63) is 386 Å². The molecule has 23 rings (SSSR count). The summed E-state index contributed by atoms with van der Waals surface area (Å²) >= 11 is 1.88. The number of thiophene rings is 1. The standard InChI is InChI=1S/C57H38O.C51H34S/c1-57(2)51-34-38-15-4-3-14-37(38)32-49(51)48-24-13-23-41(56(48)57)35-26-28-36(29-27-35)54-44-19-7-9-21-46(44)55(47-22-10-8-20-45(47)54)43-18-6-5-16-40(43)39-30-31-53-50(33-39)42-17-11-12-25-52(42)58-53;1-51(2)45-30-34-13-4-3-12-33(34)28-43(45)42-20-11-19-36(50(42)51)31-22-24-32(25-23-31)48-38-15-5-7-17-40(38)49(41-18-8-6-16-39(41)48)35-26-27-47-44(29-35)37-14-9-10-21-46(37)52-47/h3-34H,1-2H3;3-30H,1-2H3. The average molecular weight is 1420 g/mol. The molecular formula is C108H72OS. The zero-order valence-electron chi connectivity index (χ0n) is 61.5. The third-order valence-electron chi connectivity index (χ3n) is 24.5. The summed E-state index contributed by atoms with van der Waals surface area (Å²) in [5.41, 5.74) is 30.2. The van der Waals surface area contributed by atoms with E-state index in [4.69, 9.17) is 4.42 Å². The summed E-state index contributed by atoms with van der Waals surface area (Å²) in [6, 6.07) is 135. The Morgan fingerprint density at radius 1 is 0.200 bits per heavy atom. The lowest BCUT2D eigenvalue weighted by Crippen LogP contribution is -2.16. The molecule has 0 amide bonds. The fraction of sp³-hybridized carbons (Fsp3) is 0.0556. The van der Waals surface area contributed by atoms with Crippen LogP contribution in [0, 0.1) is 0 Å². The maximum absolute atomic E-state index is 6.22. The predicted molar refractivity (Wildman–Crippen MR) is 471 cm³/mol. The smallest absolute Gasteiger partial charge is 0.135 e. The molecule has 0 N–H and O–H groups in total. The van der Waals surface area contributed by atoms with Crippen LogP contribution in [-0.2, 0) is 10.8 Å². The van der Waals surface area contributed by atoms with Gasteiger partial charge >= 0.3 is 0 Å². The van der Waals surface area contributed by atoms with Gasteiger partial charge in [-0.1, -0.05) is 331 Å². The van der Waals surface area contributed by atoms with Crippen molar-refractivity contribution in [3.63, 3.8) is 0 Å². The van der Waals surface area contributed by atoms with Gasteiger partial charge in [0.2, 0.25) is 0 Å². The second kappa shape index (κ2) is 24.7. The van der Waals surface area contributed by atoms with Gasteiger partial charge in [0.15, 0.2) is 0 Å². The number of hydrogen-bond acceptors (Lipinski definition) is 2. The van der Waals surface area contributed by atoms with Crippen molar-refractivity contribution >= 4 is 118 Å². The minimum absolute atomic E-state index is 0.107. The fourth-order valence-electron chi connectivity index (χ4n) is 19.5. The number of fused-ring (bicyclic) bond motifs is 18. The van der Waals surface area contributed by atoms with Crippen LogP contribution in [0.25, 0.3) is 207 Å². The van der Waals surface area contributed by atoms with E-state index >= 15 is 0 Å². The van der Waals surface area contributed by atoms with E-state index in [1.54, 1.807) is 0 Å². The first-order valence-corrected chi connectivity index (χ1v) is 39.2. The third kappa shape index (κ3) is 9.79. The Kier molecular flexibility index (Phi) is 14.3. The van der Waals surface area contributed by atoms with Crippen molar-refractivity contribution in [2.45, 2.75) is 38.5 Å². The van der Waals surface area contributed by atoms with E-state index in [1.807, 2.05) is 23.5 Å². The molecule has 0 atom stereocenters. The molecule has 0 radical (unpaired) electrons. The number of rotatable bonds is 7. The largest absolute Gasteiger partial charge is 0.456 e. The lowest BCUT2D eigenvalue weighted by molar-refractivity contribution is 0.663. The van der Waals surface area contributed by atoms with Gasteiger partial charge in [-0.3, -0.25) is 0 Å². The van der Waals surface area contributed by atoms with Crippen molar-refractivity contribution in [2.24, 2.45) is 0 Å². The van der Waals surface area contributed by atoms with Gasteiger partial charge in [0.1, 0.15) is 11.2 Å². The summed E-state index contributed by atoms with van der Waals surface area (Å²) in [4.78, 5) is 0. The Hall–Kier alpha value is -13.2. The molecule has 516 valence electrons. The average Bonchev–Trinajstić information content (AvgIpc) is 1.45. The maximum atomic E-state index is 6.22. The SMILES string of the molecule is CC1(C)c2cc3ccccc3cc2-c2cccc(-c3ccc(-c4c5ccccc5c(-c5ccc6sc7ccccc7c6c5)c5ccccc45)cc3)c21.CC1(C)c2cc3ccccc3cc2-c2cccc(-c3ccc(-c4c5ccccc5c(-c5ccccc5-c5ccc6oc7ccccc7c6c5)c5ccccc45)cc3)c21. The number of hydrogen-bond donors (Lipinski definition) is 0. The van der Waals surface area contributed by atoms with Gasteiger partial charge < -0.3 is 4.42 Å². The Balaban J connectivity index is 0.000000136. The van der Waals surface area contributed by atoms with E-state index in [0.29, 0.717) is 0 Å². The molecule has 2 aliphatic carbocycles. The highest BCUT2D eigenvalue weighted by Crippen LogP contribution is 2.57. The Labute approximate surface area is 642 Å². The normalized spacial score (nSPS) is 13.2. The van der Waals surface area contributed by atoms with Crippen LogP contribution in [0.1, 0.15) is 49.9 Å². The van der Waals surface area contributed by atoms with Crippen molar-refractivity contribution in [3.8, 4) is 100 Å². The van der Waals surface area contributed by atoms with Crippen molar-refractivity contribution in [2.75, 3.05) is 0 Å². The molecule has 110 heavy (non-hydrogen) atoms. The minimum atomic E-state index is -0.124. The Morgan fingerprint density at radius 3 is 1.04 bits per heavy atom. The van der Waals surface area contributed by atoms with Crippen molar-refractivity contribution in [1.82, 2.24) is 0 Å². The topological polar surface area (TPSA) is 13.1 Å². The summed E-state index contributed by atoms with van der Waals surface area (Å²) in [6.45, 7) is 9.56. The zero-order chi connectivity index (χ0) is 73.1. The van der Waals surface area contributed by atoms with Crippen molar-refractivity contribution in [1.29, 1.82) is 0 Å². The highest BCUT2D eigenvalue weighted by Gasteiger charge is 2.40. The van der Waals surface area contributed by atoms with Crippen molar-refractivity contribution < 1.29 is 4.42 Å². The van der Waals surface area contributed by atoms with E-state index in [1.165, 1.54) is 207 Å². The van der Waals surface area contributed by atoms with Gasteiger partial charge in [-0.25, -0.2) is 0 Å². The first-order valence-electron chi connectivity index (χ1n) is 38.4. The molecule has 0 spiro atoms. The lowest BCUT2D eigenvalue weighted by atomic mass is 9.78. The lowest BCUT2D eigenvalue weighted by Gasteiger charge is -2.25. The number of benzene rings is 19. The second-order valence-corrected chi connectivity index (χ2v) is 32.3. The van der Waals surface area contributed by atoms with E-state index in [2.05, 4.69) is 380 Å². The van der Waals surface area contributed by atoms with Crippen LogP contribution >= 0.6 is 11.3 Å². The highest BCUT2D eigenvalue weighted by molar-refractivity contribution is 7.25. The third-order valence-corrected chi connectivity index (χ3v) is 25.6. The number of furan rings is 1. The van der Waals surface area contributed by atoms with Gasteiger partial charge in [0, 0.05) is 41.8 Å². The Bertz CT molecular complexity index is 7330. The first kappa shape index (κ1) is 64.0. The van der Waals surface area contributed by atoms with Crippen LogP contribution < -0.4 is 0 Å². The van der Waals surface area contributed by atoms with Gasteiger partial charge in [-0.2, -0.15) is 0 Å². The molecule has 0 saturated heterocycles. The molecule has 0 bridgehead atoms. The molecule has 2 heteroatoms. The summed E-state index contributed by atoms with van der Waals surface area (Å²) in [5.74, 6) is 0. The van der Waals surface area contributed by atoms with E-state index < -0.39 is 0 Å². The van der Waals surface area contributed by atoms with Gasteiger partial charge in [0.05, 0.1) is 0 Å². The Morgan fingerprint density at radius 2 is 0.536 bits per heavy atom.